The van der Waals surface area contributed by atoms with E-state index in [9.17, 15) is 19.8 Å². The highest BCUT2D eigenvalue weighted by atomic mass is 16.4. The summed E-state index contributed by atoms with van der Waals surface area (Å²) in [5.74, 6) is -0.904. The van der Waals surface area contributed by atoms with Gasteiger partial charge in [-0.2, -0.15) is 0 Å². The molecule has 0 amide bonds. The normalized spacial score (nSPS) is 29.8. The average molecular weight is 389 g/mol. The Kier molecular flexibility index (Phi) is 3.43. The fourth-order valence-electron chi connectivity index (χ4n) is 5.22. The first-order chi connectivity index (χ1) is 13.6. The van der Waals surface area contributed by atoms with E-state index in [-0.39, 0.29) is 28.8 Å². The van der Waals surface area contributed by atoms with Gasteiger partial charge in [0, 0.05) is 28.9 Å². The van der Waals surface area contributed by atoms with Crippen molar-refractivity contribution in [2.24, 2.45) is 5.41 Å². The van der Waals surface area contributed by atoms with Gasteiger partial charge in [-0.1, -0.05) is 55.8 Å². The van der Waals surface area contributed by atoms with Crippen molar-refractivity contribution in [2.45, 2.75) is 44.9 Å². The van der Waals surface area contributed by atoms with Crippen LogP contribution < -0.4 is 4.90 Å². The second kappa shape index (κ2) is 5.43. The summed E-state index contributed by atoms with van der Waals surface area (Å²) in [6.45, 7) is 5.94. The highest BCUT2D eigenvalue weighted by Crippen LogP contribution is 2.61. The molecule has 0 fully saturated rings. The highest BCUT2D eigenvalue weighted by Gasteiger charge is 2.74. The number of nitrogens with zero attached hydrogens (tertiary/aromatic N) is 1. The Hall–Kier alpha value is -2.76. The second-order valence-corrected chi connectivity index (χ2v) is 9.19. The van der Waals surface area contributed by atoms with E-state index in [2.05, 4.69) is 0 Å². The molecule has 1 heterocycles. The lowest BCUT2D eigenvalue weighted by molar-refractivity contribution is -0.124. The number of rotatable bonds is 1. The Labute approximate surface area is 169 Å². The van der Waals surface area contributed by atoms with E-state index < -0.39 is 17.1 Å². The van der Waals surface area contributed by atoms with Gasteiger partial charge in [-0.05, 0) is 30.9 Å². The van der Waals surface area contributed by atoms with Crippen LogP contribution in [-0.4, -0.2) is 27.4 Å². The van der Waals surface area contributed by atoms with Crippen LogP contribution in [0, 0.1) is 12.3 Å². The molecule has 148 valence electrons. The van der Waals surface area contributed by atoms with Crippen LogP contribution in [0.2, 0.25) is 0 Å². The summed E-state index contributed by atoms with van der Waals surface area (Å²) in [7, 11) is 0. The minimum Gasteiger partial charge on any atom is -0.372 e. The zero-order valence-corrected chi connectivity index (χ0v) is 16.7. The van der Waals surface area contributed by atoms with Gasteiger partial charge in [-0.25, -0.2) is 0 Å². The lowest BCUT2D eigenvalue weighted by Gasteiger charge is -2.41. The van der Waals surface area contributed by atoms with Gasteiger partial charge in [0.15, 0.2) is 5.78 Å². The molecule has 5 rings (SSSR count). The number of allylic oxidation sites excluding steroid dienone is 1. The number of carbonyl (C=O) groups is 2. The first-order valence-corrected chi connectivity index (χ1v) is 9.84. The largest absolute Gasteiger partial charge is 0.372 e. The molecule has 2 aromatic carbocycles. The fourth-order valence-corrected chi connectivity index (χ4v) is 5.22. The Balaban J connectivity index is 1.86. The third-order valence-electron chi connectivity index (χ3n) is 6.48. The SMILES string of the molecule is Cc1ccc(N2C3=C(C(=O)CC(C)(C)C3)[C@]3(O)C(=O)c4ccccc4[C@]23O)cc1. The van der Waals surface area contributed by atoms with E-state index in [0.717, 1.165) is 5.56 Å². The van der Waals surface area contributed by atoms with Crippen molar-refractivity contribution in [3.8, 4) is 0 Å². The van der Waals surface area contributed by atoms with Crippen molar-refractivity contribution in [3.63, 3.8) is 0 Å². The Morgan fingerprint density at radius 1 is 0.931 bits per heavy atom. The van der Waals surface area contributed by atoms with Crippen LogP contribution in [0.5, 0.6) is 0 Å². The van der Waals surface area contributed by atoms with Gasteiger partial charge >= 0.3 is 0 Å². The monoisotopic (exact) mass is 389 g/mol. The van der Waals surface area contributed by atoms with Gasteiger partial charge in [0.1, 0.15) is 0 Å². The van der Waals surface area contributed by atoms with Crippen LogP contribution in [0.4, 0.5) is 5.69 Å². The van der Waals surface area contributed by atoms with Gasteiger partial charge in [-0.15, -0.1) is 0 Å². The lowest BCUT2D eigenvalue weighted by atomic mass is 9.72. The van der Waals surface area contributed by atoms with Gasteiger partial charge in [0.2, 0.25) is 17.1 Å². The Morgan fingerprint density at radius 3 is 2.28 bits per heavy atom. The van der Waals surface area contributed by atoms with E-state index in [1.165, 1.54) is 0 Å². The molecule has 0 bridgehead atoms. The molecular formula is C24H23NO4. The smallest absolute Gasteiger partial charge is 0.211 e. The van der Waals surface area contributed by atoms with Crippen LogP contribution in [0.25, 0.3) is 0 Å². The maximum absolute atomic E-state index is 13.4. The van der Waals surface area contributed by atoms with Gasteiger partial charge < -0.3 is 15.1 Å². The number of carbonyl (C=O) groups excluding carboxylic acids is 2. The quantitative estimate of drug-likeness (QED) is 0.783. The first-order valence-electron chi connectivity index (χ1n) is 9.84. The first kappa shape index (κ1) is 18.3. The third kappa shape index (κ3) is 2.07. The molecule has 2 aromatic rings. The van der Waals surface area contributed by atoms with Gasteiger partial charge in [0.25, 0.3) is 0 Å². The molecular weight excluding hydrogens is 366 g/mol. The minimum absolute atomic E-state index is 0.0427. The van der Waals surface area contributed by atoms with Crippen LogP contribution in [0.15, 0.2) is 59.8 Å². The van der Waals surface area contributed by atoms with Crippen molar-refractivity contribution in [3.05, 3.63) is 76.5 Å². The predicted octanol–water partition coefficient (Wildman–Crippen LogP) is 3.23. The highest BCUT2D eigenvalue weighted by molar-refractivity contribution is 6.19. The summed E-state index contributed by atoms with van der Waals surface area (Å²) in [6, 6.07) is 14.2. The molecule has 3 aliphatic rings. The molecule has 2 atom stereocenters. The second-order valence-electron chi connectivity index (χ2n) is 9.19. The van der Waals surface area contributed by atoms with E-state index in [1.54, 1.807) is 29.2 Å². The van der Waals surface area contributed by atoms with Crippen molar-refractivity contribution in [1.82, 2.24) is 0 Å². The molecule has 2 N–H and O–H groups in total. The van der Waals surface area contributed by atoms with Gasteiger partial charge in [-0.3, -0.25) is 9.59 Å². The number of anilines is 1. The summed E-state index contributed by atoms with van der Waals surface area (Å²) < 4.78 is 0. The molecule has 5 heteroatoms. The van der Waals surface area contributed by atoms with Crippen molar-refractivity contribution in [1.29, 1.82) is 0 Å². The number of Topliss-reactive ketones (excluding diaryl/α,β-unsaturated/α-hetero) is 2. The van der Waals surface area contributed by atoms with Crippen LogP contribution >= 0.6 is 0 Å². The number of fused-ring (bicyclic) bond motifs is 4. The maximum atomic E-state index is 13.4. The van der Waals surface area contributed by atoms with Crippen LogP contribution in [-0.2, 0) is 10.5 Å². The summed E-state index contributed by atoms with van der Waals surface area (Å²) in [6.07, 6.45) is 0.692. The minimum atomic E-state index is -2.31. The number of aryl methyl sites for hydroxylation is 1. The van der Waals surface area contributed by atoms with Crippen LogP contribution in [0.3, 0.4) is 0 Å². The molecule has 0 saturated heterocycles. The lowest BCUT2D eigenvalue weighted by Crippen LogP contribution is -2.58. The van der Waals surface area contributed by atoms with Gasteiger partial charge in [0.05, 0.1) is 5.57 Å². The standard InChI is InChI=1S/C24H23NO4/c1-14-8-10-15(11-9-14)25-18-12-22(2,3)13-19(26)20(18)23(28)21(27)16-6-4-5-7-17(16)24(23,25)29/h4-11,28-29H,12-13H2,1-3H3/t23-,24+/m0/s1. The predicted molar refractivity (Wildman–Crippen MR) is 108 cm³/mol. The molecule has 2 aliphatic carbocycles. The molecule has 0 radical (unpaired) electrons. The van der Waals surface area contributed by atoms with E-state index in [0.29, 0.717) is 23.4 Å². The zero-order chi connectivity index (χ0) is 20.8. The Bertz CT molecular complexity index is 1110. The summed E-state index contributed by atoms with van der Waals surface area (Å²) >= 11 is 0. The molecule has 0 unspecified atom stereocenters. The molecule has 0 aromatic heterocycles. The van der Waals surface area contributed by atoms with E-state index in [1.807, 2.05) is 45.0 Å². The van der Waals surface area contributed by atoms with Crippen LogP contribution in [0.1, 0.15) is 48.2 Å². The van der Waals surface area contributed by atoms with Crippen molar-refractivity contribution in [2.75, 3.05) is 4.90 Å². The average Bonchev–Trinajstić information content (AvgIpc) is 2.96. The molecule has 29 heavy (non-hydrogen) atoms. The zero-order valence-electron chi connectivity index (χ0n) is 16.7. The molecule has 0 saturated carbocycles. The number of ketones is 2. The number of hydrogen-bond acceptors (Lipinski definition) is 5. The Morgan fingerprint density at radius 2 is 1.59 bits per heavy atom. The van der Waals surface area contributed by atoms with Crippen molar-refractivity contribution < 1.29 is 19.8 Å². The topological polar surface area (TPSA) is 77.8 Å². The molecule has 1 aliphatic heterocycles. The molecule has 0 spiro atoms. The number of benzene rings is 2. The number of hydrogen-bond donors (Lipinski definition) is 2. The van der Waals surface area contributed by atoms with E-state index in [4.69, 9.17) is 0 Å². The molecule has 5 nitrogen and oxygen atoms in total. The summed E-state index contributed by atoms with van der Waals surface area (Å²) in [5.41, 5.74) is -1.88. The van der Waals surface area contributed by atoms with Crippen molar-refractivity contribution >= 4 is 17.3 Å². The maximum Gasteiger partial charge on any atom is 0.211 e. The summed E-state index contributed by atoms with van der Waals surface area (Å²) in [5, 5.41) is 23.9. The fraction of sp³-hybridized carbons (Fsp3) is 0.333. The summed E-state index contributed by atoms with van der Waals surface area (Å²) in [4.78, 5) is 28.2. The van der Waals surface area contributed by atoms with E-state index >= 15 is 0 Å². The third-order valence-corrected chi connectivity index (χ3v) is 6.48. The number of aliphatic hydroxyl groups is 2.